The Balaban J connectivity index is 1.75. The van der Waals surface area contributed by atoms with Gasteiger partial charge < -0.3 is 26.0 Å². The third-order valence-corrected chi connectivity index (χ3v) is 6.44. The molecule has 0 radical (unpaired) electrons. The number of aliphatic hydroxyl groups excluding tert-OH is 3. The van der Waals surface area contributed by atoms with Crippen LogP contribution in [0.25, 0.3) is 20.8 Å². The van der Waals surface area contributed by atoms with Crippen LogP contribution in [0.5, 0.6) is 0 Å². The molecule has 0 amide bonds. The number of nitrogens with zero attached hydrogens (tertiary/aromatic N) is 3. The molecule has 1 aliphatic rings. The van der Waals surface area contributed by atoms with Crippen molar-refractivity contribution in [3.8, 4) is 10.6 Å². The van der Waals surface area contributed by atoms with E-state index in [1.807, 2.05) is 24.3 Å². The number of hydrogen-bond acceptors (Lipinski definition) is 9. The average molecular weight is 454 g/mol. The van der Waals surface area contributed by atoms with E-state index in [1.54, 1.807) is 0 Å². The number of anilines is 2. The van der Waals surface area contributed by atoms with Crippen molar-refractivity contribution in [3.63, 3.8) is 0 Å². The summed E-state index contributed by atoms with van der Waals surface area (Å²) in [5.74, 6) is -0.00754. The first-order valence-corrected chi connectivity index (χ1v) is 10.7. The molecule has 160 valence electrons. The summed E-state index contributed by atoms with van der Waals surface area (Å²) in [5.41, 5.74) is 1.26. The molecule has 4 atom stereocenters. The van der Waals surface area contributed by atoms with Crippen molar-refractivity contribution < 1.29 is 19.7 Å². The lowest BCUT2D eigenvalue weighted by atomic mass is 10.1. The number of benzene rings is 1. The van der Waals surface area contributed by atoms with Gasteiger partial charge in [-0.05, 0) is 18.6 Å². The first-order chi connectivity index (χ1) is 14.5. The van der Waals surface area contributed by atoms with Crippen LogP contribution >= 0.6 is 22.9 Å². The smallest absolute Gasteiger partial charge is 0.226 e. The molecule has 1 aliphatic carbocycles. The van der Waals surface area contributed by atoms with Crippen LogP contribution in [-0.4, -0.2) is 68.3 Å². The highest BCUT2D eigenvalue weighted by Crippen LogP contribution is 2.39. The number of halogens is 2. The molecule has 8 nitrogen and oxygen atoms in total. The molecule has 4 rings (SSSR count). The molecular formula is C19H21ClFN5O3S. The Morgan fingerprint density at radius 2 is 1.97 bits per heavy atom. The number of rotatable bonds is 7. The number of aromatic nitrogens is 3. The van der Waals surface area contributed by atoms with Gasteiger partial charge in [0.25, 0.3) is 0 Å². The lowest BCUT2D eigenvalue weighted by Gasteiger charge is -2.20. The second-order valence-corrected chi connectivity index (χ2v) is 8.46. The summed E-state index contributed by atoms with van der Waals surface area (Å²) in [5, 5.41) is 36.6. The van der Waals surface area contributed by atoms with Crippen LogP contribution in [0, 0.1) is 5.92 Å². The summed E-state index contributed by atoms with van der Waals surface area (Å²) in [6.07, 6.45) is -1.81. The molecule has 2 aromatic heterocycles. The van der Waals surface area contributed by atoms with E-state index in [1.165, 1.54) is 11.3 Å². The lowest BCUT2D eigenvalue weighted by Crippen LogP contribution is -2.35. The number of hydrogen-bond donors (Lipinski definition) is 5. The van der Waals surface area contributed by atoms with E-state index in [-0.39, 0.29) is 24.3 Å². The Kier molecular flexibility index (Phi) is 6.30. The summed E-state index contributed by atoms with van der Waals surface area (Å²) in [7, 11) is 0. The Morgan fingerprint density at radius 3 is 2.67 bits per heavy atom. The van der Waals surface area contributed by atoms with E-state index >= 15 is 0 Å². The van der Waals surface area contributed by atoms with Gasteiger partial charge in [-0.3, -0.25) is 0 Å². The summed E-state index contributed by atoms with van der Waals surface area (Å²) < 4.78 is 13.6. The molecule has 1 saturated carbocycles. The zero-order valence-electron chi connectivity index (χ0n) is 15.8. The lowest BCUT2D eigenvalue weighted by molar-refractivity contribution is 0.00446. The largest absolute Gasteiger partial charge is 0.396 e. The molecule has 2 heterocycles. The molecule has 1 fully saturated rings. The van der Waals surface area contributed by atoms with Gasteiger partial charge in [-0.25, -0.2) is 14.4 Å². The maximum Gasteiger partial charge on any atom is 0.226 e. The number of aliphatic hydroxyl groups is 3. The second kappa shape index (κ2) is 8.94. The second-order valence-electron chi connectivity index (χ2n) is 7.07. The summed E-state index contributed by atoms with van der Waals surface area (Å²) >= 11 is 7.89. The Morgan fingerprint density at radius 1 is 1.17 bits per heavy atom. The Hall–Kier alpha value is -2.11. The quantitative estimate of drug-likeness (QED) is 0.345. The molecule has 5 N–H and O–H groups in total. The van der Waals surface area contributed by atoms with Gasteiger partial charge in [-0.15, -0.1) is 11.3 Å². The first-order valence-electron chi connectivity index (χ1n) is 9.48. The predicted molar refractivity (Wildman–Crippen MR) is 115 cm³/mol. The van der Waals surface area contributed by atoms with E-state index in [0.29, 0.717) is 22.8 Å². The molecule has 0 saturated heterocycles. The normalized spacial score (nSPS) is 23.8. The molecular weight excluding hydrogens is 433 g/mol. The minimum absolute atomic E-state index is 0.0214. The van der Waals surface area contributed by atoms with Crippen molar-refractivity contribution in [2.75, 3.05) is 30.5 Å². The number of thiazole rings is 1. The Bertz CT molecular complexity index is 1010. The van der Waals surface area contributed by atoms with Crippen molar-refractivity contribution in [1.29, 1.82) is 0 Å². The van der Waals surface area contributed by atoms with E-state index in [2.05, 4.69) is 25.6 Å². The van der Waals surface area contributed by atoms with Gasteiger partial charge >= 0.3 is 0 Å². The van der Waals surface area contributed by atoms with E-state index in [4.69, 9.17) is 11.6 Å². The van der Waals surface area contributed by atoms with E-state index in [0.717, 1.165) is 10.2 Å². The van der Waals surface area contributed by atoms with Gasteiger partial charge in [0.15, 0.2) is 0 Å². The topological polar surface area (TPSA) is 123 Å². The summed E-state index contributed by atoms with van der Waals surface area (Å²) in [6, 6.07) is 7.07. The van der Waals surface area contributed by atoms with E-state index in [9.17, 15) is 19.7 Å². The molecule has 0 unspecified atom stereocenters. The average Bonchev–Trinajstić information content (AvgIpc) is 3.28. The molecule has 30 heavy (non-hydrogen) atoms. The van der Waals surface area contributed by atoms with Gasteiger partial charge in [-0.1, -0.05) is 23.7 Å². The Labute approximate surface area is 180 Å². The fraction of sp³-hybridized carbons (Fsp3) is 0.421. The number of para-hydroxylation sites is 1. The van der Waals surface area contributed by atoms with Gasteiger partial charge in [-0.2, -0.15) is 4.98 Å². The number of nitrogens with one attached hydrogen (secondary N) is 2. The van der Waals surface area contributed by atoms with Crippen LogP contribution in [-0.2, 0) is 0 Å². The third-order valence-electron chi connectivity index (χ3n) is 5.11. The van der Waals surface area contributed by atoms with Crippen molar-refractivity contribution in [2.45, 2.75) is 24.7 Å². The van der Waals surface area contributed by atoms with Gasteiger partial charge in [0, 0.05) is 19.1 Å². The monoisotopic (exact) mass is 453 g/mol. The van der Waals surface area contributed by atoms with Gasteiger partial charge in [0.05, 0.1) is 27.9 Å². The van der Waals surface area contributed by atoms with Gasteiger partial charge in [0.2, 0.25) is 5.95 Å². The zero-order valence-corrected chi connectivity index (χ0v) is 17.4. The third kappa shape index (κ3) is 4.06. The van der Waals surface area contributed by atoms with Crippen LogP contribution in [0.4, 0.5) is 16.2 Å². The molecule has 1 aromatic carbocycles. The first kappa shape index (κ1) is 21.1. The van der Waals surface area contributed by atoms with Crippen LogP contribution in [0.1, 0.15) is 6.42 Å². The van der Waals surface area contributed by atoms with Crippen molar-refractivity contribution >= 4 is 44.9 Å². The fourth-order valence-electron chi connectivity index (χ4n) is 3.57. The van der Waals surface area contributed by atoms with E-state index < -0.39 is 30.8 Å². The highest BCUT2D eigenvalue weighted by atomic mass is 35.5. The minimum Gasteiger partial charge on any atom is -0.396 e. The minimum atomic E-state index is -1.10. The molecule has 0 bridgehead atoms. The van der Waals surface area contributed by atoms with Crippen molar-refractivity contribution in [3.05, 3.63) is 29.4 Å². The number of fused-ring (bicyclic) bond motifs is 1. The van der Waals surface area contributed by atoms with Gasteiger partial charge in [0.1, 0.15) is 28.8 Å². The maximum absolute atomic E-state index is 12.6. The summed E-state index contributed by atoms with van der Waals surface area (Å²) in [4.78, 5) is 13.2. The summed E-state index contributed by atoms with van der Waals surface area (Å²) in [6.45, 7) is -0.822. The van der Waals surface area contributed by atoms with Crippen LogP contribution in [0.2, 0.25) is 5.15 Å². The van der Waals surface area contributed by atoms with Crippen LogP contribution < -0.4 is 10.6 Å². The SMILES string of the molecule is OC[C@H]1C[C@@H](Nc2nc(NCCF)nc(Cl)c2-c2nc3ccccc3s2)[C@H](O)[C@@H]1O. The van der Waals surface area contributed by atoms with Crippen molar-refractivity contribution in [2.24, 2.45) is 5.92 Å². The van der Waals surface area contributed by atoms with Crippen molar-refractivity contribution in [1.82, 2.24) is 15.0 Å². The highest BCUT2D eigenvalue weighted by molar-refractivity contribution is 7.21. The van der Waals surface area contributed by atoms with Crippen LogP contribution in [0.3, 0.4) is 0 Å². The molecule has 0 aliphatic heterocycles. The maximum atomic E-state index is 12.6. The molecule has 0 spiro atoms. The fourth-order valence-corrected chi connectivity index (χ4v) is 4.90. The van der Waals surface area contributed by atoms with Crippen LogP contribution in [0.15, 0.2) is 24.3 Å². The number of alkyl halides is 1. The zero-order chi connectivity index (χ0) is 21.3. The predicted octanol–water partition coefficient (Wildman–Crippen LogP) is 2.30. The molecule has 11 heteroatoms. The molecule has 3 aromatic rings. The standard InChI is InChI=1S/C19H21ClFN5O3S/c20-16-13(18-24-10-3-1-2-4-12(10)30-18)17(26-19(25-16)22-6-5-21)23-11-7-9(8-27)14(28)15(11)29/h1-4,9,11,14-15,27-29H,5-8H2,(H2,22,23,25,26)/t9-,11-,14-,15+/m1/s1. The highest BCUT2D eigenvalue weighted by Gasteiger charge is 2.41.